The zero-order chi connectivity index (χ0) is 38.6. The van der Waals surface area contributed by atoms with E-state index in [2.05, 4.69) is 31.3 Å². The maximum absolute atomic E-state index is 13.3. The standard InChI is InChI=1S/C28H50N4O17S2/c1-5-18-25(37)24(36)16(26(49-18)17(33)11-30-31-22(35)10-8-7-9-21(34)29-6-2)12-46-13-19-23(32-50(39,40)41)27(38)28(3,15-45-4)20(48-19)14-47-51(42,43)44/h6,16,18-20,23-27,30,36-38H,2,5,7-15H2,1,3-4H3,(H,29,34)(H,31,35)(H,42,43,44)(H2,32,39,40,41). The van der Waals surface area contributed by atoms with E-state index in [4.69, 9.17) is 23.5 Å². The van der Waals surface area contributed by atoms with Crippen LogP contribution in [-0.4, -0.2) is 148 Å². The fourth-order valence-corrected chi connectivity index (χ4v) is 6.71. The van der Waals surface area contributed by atoms with Gasteiger partial charge in [0.05, 0.1) is 57.4 Å². The molecule has 2 rings (SSSR count). The summed E-state index contributed by atoms with van der Waals surface area (Å²) in [4.78, 5) is 36.9. The van der Waals surface area contributed by atoms with E-state index in [1.54, 1.807) is 6.92 Å². The second kappa shape index (κ2) is 20.3. The van der Waals surface area contributed by atoms with Gasteiger partial charge in [-0.15, -0.1) is 0 Å². The van der Waals surface area contributed by atoms with E-state index >= 15 is 0 Å². The lowest BCUT2D eigenvalue weighted by Gasteiger charge is -2.49. The van der Waals surface area contributed by atoms with E-state index in [1.807, 2.05) is 0 Å². The van der Waals surface area contributed by atoms with Crippen molar-refractivity contribution in [2.45, 2.75) is 94.7 Å². The van der Waals surface area contributed by atoms with E-state index in [-0.39, 0.29) is 31.8 Å². The van der Waals surface area contributed by atoms with Gasteiger partial charge in [0.25, 0.3) is 10.3 Å². The van der Waals surface area contributed by atoms with Gasteiger partial charge in [-0.3, -0.25) is 33.5 Å². The fraction of sp³-hybridized carbons (Fsp3) is 0.821. The average Bonchev–Trinajstić information content (AvgIpc) is 3.03. The molecule has 0 bridgehead atoms. The van der Waals surface area contributed by atoms with Crippen molar-refractivity contribution in [3.8, 4) is 0 Å². The van der Waals surface area contributed by atoms with Gasteiger partial charge in [-0.1, -0.05) is 20.4 Å². The topological polar surface area (TPSA) is 318 Å². The fourth-order valence-electron chi connectivity index (χ4n) is 5.85. The molecule has 2 amide bonds. The molecule has 2 aliphatic rings. The number of hydrogen-bond acceptors (Lipinski definition) is 16. The molecule has 0 aromatic rings. The van der Waals surface area contributed by atoms with Crippen molar-refractivity contribution in [1.82, 2.24) is 16.2 Å². The molecule has 21 nitrogen and oxygen atoms in total. The van der Waals surface area contributed by atoms with Crippen molar-refractivity contribution in [2.24, 2.45) is 15.7 Å². The lowest BCUT2D eigenvalue weighted by Crippen LogP contribution is -2.63. The zero-order valence-electron chi connectivity index (χ0n) is 28.5. The summed E-state index contributed by atoms with van der Waals surface area (Å²) in [6.07, 6.45) is -7.35. The van der Waals surface area contributed by atoms with Gasteiger partial charge in [0, 0.05) is 31.3 Å². The van der Waals surface area contributed by atoms with Crippen molar-refractivity contribution in [1.29, 1.82) is 0 Å². The molecule has 10 atom stereocenters. The van der Waals surface area contributed by atoms with Crippen LogP contribution in [0.15, 0.2) is 17.1 Å². The number of carbonyl (C=O) groups excluding carboxylic acids is 3. The number of nitrogens with zero attached hydrogens (tertiary/aromatic N) is 1. The molecule has 296 valence electrons. The molecule has 0 spiro atoms. The number of carbonyl (C=O) groups is 3. The minimum absolute atomic E-state index is 0.0575. The molecular formula is C28H50N4O17S2. The number of hydrazine groups is 1. The SMILES string of the molecule is C=CNC(=O)CCCCC(=O)NNCC(=O)C1OC(CC)C(O)C(O)C1COCC1OC(COS(=O)(=O)O)C(C)(COC)C(O)C1N=S(=O)(O)O. The van der Waals surface area contributed by atoms with Gasteiger partial charge in [-0.05, 0) is 25.5 Å². The number of ketones is 1. The molecule has 9 N–H and O–H groups in total. The van der Waals surface area contributed by atoms with Crippen LogP contribution < -0.4 is 16.2 Å². The third-order valence-corrected chi connectivity index (χ3v) is 9.49. The zero-order valence-corrected chi connectivity index (χ0v) is 30.1. The maximum atomic E-state index is 13.3. The van der Waals surface area contributed by atoms with E-state index in [0.29, 0.717) is 12.8 Å². The molecule has 0 radical (unpaired) electrons. The van der Waals surface area contributed by atoms with Crippen molar-refractivity contribution in [3.63, 3.8) is 0 Å². The van der Waals surface area contributed by atoms with Crippen LogP contribution in [0.2, 0.25) is 0 Å². The van der Waals surface area contributed by atoms with Gasteiger partial charge < -0.3 is 39.6 Å². The Morgan fingerprint density at radius 3 is 2.18 bits per heavy atom. The summed E-state index contributed by atoms with van der Waals surface area (Å²) >= 11 is 0. The third kappa shape index (κ3) is 13.9. The predicted octanol–water partition coefficient (Wildman–Crippen LogP) is -2.09. The minimum atomic E-state index is -4.98. The first-order valence-corrected chi connectivity index (χ1v) is 18.8. The Bertz CT molecular complexity index is 1400. The number of methoxy groups -OCH3 is 1. The minimum Gasteiger partial charge on any atom is -0.390 e. The Morgan fingerprint density at radius 1 is 0.961 bits per heavy atom. The van der Waals surface area contributed by atoms with E-state index in [1.165, 1.54) is 20.2 Å². The van der Waals surface area contributed by atoms with Crippen LogP contribution in [0.4, 0.5) is 0 Å². The average molecular weight is 779 g/mol. The molecule has 2 aliphatic heterocycles. The molecule has 0 aromatic heterocycles. The van der Waals surface area contributed by atoms with E-state index < -0.39 is 119 Å². The highest BCUT2D eigenvalue weighted by Crippen LogP contribution is 2.40. The summed E-state index contributed by atoms with van der Waals surface area (Å²) in [5.74, 6) is -2.54. The largest absolute Gasteiger partial charge is 0.397 e. The van der Waals surface area contributed by atoms with E-state index in [9.17, 15) is 51.4 Å². The first kappa shape index (κ1) is 44.9. The van der Waals surface area contributed by atoms with Crippen LogP contribution in [0.25, 0.3) is 0 Å². The van der Waals surface area contributed by atoms with Crippen molar-refractivity contribution >= 4 is 38.3 Å². The second-order valence-corrected chi connectivity index (χ2v) is 14.6. The highest BCUT2D eigenvalue weighted by atomic mass is 32.3. The molecule has 2 saturated heterocycles. The number of Topliss-reactive ketones (excluding diaryl/α,β-unsaturated/α-hetero) is 1. The van der Waals surface area contributed by atoms with Crippen LogP contribution in [-0.2, 0) is 58.2 Å². The monoisotopic (exact) mass is 778 g/mol. The molecule has 10 unspecified atom stereocenters. The van der Waals surface area contributed by atoms with Crippen molar-refractivity contribution < 1.29 is 79.1 Å². The molecule has 2 fully saturated rings. The van der Waals surface area contributed by atoms with Crippen LogP contribution in [0.5, 0.6) is 0 Å². The molecule has 0 saturated carbocycles. The number of rotatable bonds is 21. The lowest BCUT2D eigenvalue weighted by molar-refractivity contribution is -0.231. The molecule has 0 aliphatic carbocycles. The first-order valence-electron chi connectivity index (χ1n) is 16.0. The number of hydrogen-bond donors (Lipinski definition) is 9. The van der Waals surface area contributed by atoms with Crippen molar-refractivity contribution in [3.05, 3.63) is 12.8 Å². The van der Waals surface area contributed by atoms with Crippen molar-refractivity contribution in [2.75, 3.05) is 40.1 Å². The normalized spacial score (nSPS) is 31.4. The lowest BCUT2D eigenvalue weighted by atomic mass is 9.73. The Balaban J connectivity index is 2.16. The summed E-state index contributed by atoms with van der Waals surface area (Å²) in [7, 11) is -8.58. The van der Waals surface area contributed by atoms with Crippen LogP contribution >= 0.6 is 0 Å². The highest BCUT2D eigenvalue weighted by molar-refractivity contribution is 7.82. The van der Waals surface area contributed by atoms with Crippen LogP contribution in [0.3, 0.4) is 0 Å². The number of ether oxygens (including phenoxy) is 4. The first-order chi connectivity index (χ1) is 23.8. The predicted molar refractivity (Wildman–Crippen MR) is 175 cm³/mol. The Hall–Kier alpha value is -2.23. The van der Waals surface area contributed by atoms with Crippen LogP contribution in [0.1, 0.15) is 46.0 Å². The summed E-state index contributed by atoms with van der Waals surface area (Å²) < 4.78 is 93.1. The summed E-state index contributed by atoms with van der Waals surface area (Å²) in [6.45, 7) is 3.66. The van der Waals surface area contributed by atoms with Gasteiger partial charge in [0.1, 0.15) is 24.4 Å². The van der Waals surface area contributed by atoms with E-state index in [0.717, 1.165) is 0 Å². The molecular weight excluding hydrogens is 728 g/mol. The number of aliphatic hydroxyl groups is 3. The summed E-state index contributed by atoms with van der Waals surface area (Å²) in [5.41, 5.74) is 3.28. The smallest absolute Gasteiger partial charge is 0.390 e. The molecule has 51 heavy (non-hydrogen) atoms. The van der Waals surface area contributed by atoms with Gasteiger partial charge in [-0.2, -0.15) is 17.0 Å². The number of aliphatic hydroxyl groups excluding tert-OH is 3. The number of unbranched alkanes of at least 4 members (excludes halogenated alkanes) is 1. The number of nitrogens with one attached hydrogen (secondary N) is 3. The third-order valence-electron chi connectivity index (χ3n) is 8.54. The summed E-state index contributed by atoms with van der Waals surface area (Å²) in [5, 5.41) is 35.3. The van der Waals surface area contributed by atoms with Gasteiger partial charge in [-0.25, -0.2) is 9.61 Å². The Labute approximate surface area is 296 Å². The quantitative estimate of drug-likeness (QED) is 0.0343. The second-order valence-electron chi connectivity index (χ2n) is 12.4. The highest BCUT2D eigenvalue weighted by Gasteiger charge is 2.54. The molecule has 0 aromatic carbocycles. The Morgan fingerprint density at radius 2 is 1.61 bits per heavy atom. The maximum Gasteiger partial charge on any atom is 0.397 e. The molecule has 23 heteroatoms. The van der Waals surface area contributed by atoms with Gasteiger partial charge in [0.2, 0.25) is 11.8 Å². The van der Waals surface area contributed by atoms with Gasteiger partial charge in [0.15, 0.2) is 5.78 Å². The number of amides is 2. The van der Waals surface area contributed by atoms with Gasteiger partial charge >= 0.3 is 10.4 Å². The summed E-state index contributed by atoms with van der Waals surface area (Å²) in [6, 6.07) is -1.69. The Kier molecular flexibility index (Phi) is 17.9. The molecule has 2 heterocycles. The van der Waals surface area contributed by atoms with Crippen LogP contribution in [0, 0.1) is 11.3 Å².